The van der Waals surface area contributed by atoms with Crippen molar-refractivity contribution in [3.8, 4) is 11.1 Å². The second-order valence-corrected chi connectivity index (χ2v) is 9.29. The number of anilines is 2. The third-order valence-corrected chi connectivity index (χ3v) is 7.49. The van der Waals surface area contributed by atoms with Crippen molar-refractivity contribution in [1.82, 2.24) is 0 Å². The summed E-state index contributed by atoms with van der Waals surface area (Å²) in [6.07, 6.45) is 0. The molecule has 0 aliphatic rings. The van der Waals surface area contributed by atoms with Crippen LogP contribution in [0.4, 0.5) is 11.4 Å². The quantitative estimate of drug-likeness (QED) is 0.295. The van der Waals surface area contributed by atoms with Crippen LogP contribution in [-0.4, -0.2) is 0 Å². The number of para-hydroxylation sites is 2. The minimum atomic E-state index is 0.888. The molecule has 0 saturated carbocycles. The molecule has 5 aromatic carbocycles. The molecule has 7 aromatic rings. The van der Waals surface area contributed by atoms with Gasteiger partial charge in [-0.25, -0.2) is 0 Å². The molecule has 156 valence electrons. The molecule has 0 radical (unpaired) electrons. The SMILES string of the molecule is c1ccc(-c2ccc(Nc3cccc4c3oc3ccccc34)c3c2sc2ccccc23)cc1. The molecule has 0 bridgehead atoms. The van der Waals surface area contributed by atoms with E-state index in [0.29, 0.717) is 0 Å². The summed E-state index contributed by atoms with van der Waals surface area (Å²) in [7, 11) is 0. The molecule has 0 fully saturated rings. The van der Waals surface area contributed by atoms with Gasteiger partial charge in [-0.2, -0.15) is 0 Å². The summed E-state index contributed by atoms with van der Waals surface area (Å²) >= 11 is 1.85. The van der Waals surface area contributed by atoms with Gasteiger partial charge in [0.1, 0.15) is 5.58 Å². The van der Waals surface area contributed by atoms with Crippen LogP contribution >= 0.6 is 11.3 Å². The van der Waals surface area contributed by atoms with Crippen molar-refractivity contribution in [3.05, 3.63) is 109 Å². The molecule has 3 heteroatoms. The van der Waals surface area contributed by atoms with Crippen molar-refractivity contribution in [2.45, 2.75) is 0 Å². The minimum absolute atomic E-state index is 0.888. The van der Waals surface area contributed by atoms with E-state index in [1.165, 1.54) is 31.3 Å². The van der Waals surface area contributed by atoms with Crippen molar-refractivity contribution in [3.63, 3.8) is 0 Å². The standard InChI is InChI=1S/C30H19NOS/c1-2-9-19(10-3-1)20-17-18-24(28-23-12-5-7-16-27(23)33-30(20)28)31-25-14-8-13-22-21-11-4-6-15-26(21)32-29(22)25/h1-18,31H. The molecule has 0 unspecified atom stereocenters. The fourth-order valence-electron chi connectivity index (χ4n) is 4.77. The van der Waals surface area contributed by atoms with Crippen LogP contribution in [0.15, 0.2) is 114 Å². The molecule has 0 aliphatic heterocycles. The third kappa shape index (κ3) is 2.86. The molecule has 7 rings (SSSR count). The highest BCUT2D eigenvalue weighted by molar-refractivity contribution is 7.26. The number of fused-ring (bicyclic) bond motifs is 6. The Kier molecular flexibility index (Phi) is 4.05. The summed E-state index contributed by atoms with van der Waals surface area (Å²) in [5.74, 6) is 0. The first-order valence-corrected chi connectivity index (χ1v) is 11.9. The third-order valence-electron chi connectivity index (χ3n) is 6.28. The van der Waals surface area contributed by atoms with E-state index in [9.17, 15) is 0 Å². The largest absolute Gasteiger partial charge is 0.454 e. The van der Waals surface area contributed by atoms with E-state index in [4.69, 9.17) is 4.42 Å². The first kappa shape index (κ1) is 18.5. The van der Waals surface area contributed by atoms with Crippen LogP contribution in [0, 0.1) is 0 Å². The van der Waals surface area contributed by atoms with Crippen molar-refractivity contribution >= 4 is 64.8 Å². The van der Waals surface area contributed by atoms with Gasteiger partial charge in [0.2, 0.25) is 0 Å². The zero-order chi connectivity index (χ0) is 21.8. The summed E-state index contributed by atoms with van der Waals surface area (Å²) in [5, 5.41) is 8.52. The van der Waals surface area contributed by atoms with Crippen molar-refractivity contribution < 1.29 is 4.42 Å². The summed E-state index contributed by atoms with van der Waals surface area (Å²) < 4.78 is 8.86. The van der Waals surface area contributed by atoms with E-state index in [2.05, 4.69) is 102 Å². The Morgan fingerprint density at radius 3 is 2.24 bits per heavy atom. The number of benzene rings is 5. The van der Waals surface area contributed by atoms with E-state index in [1.807, 2.05) is 23.5 Å². The number of furan rings is 1. The Bertz CT molecular complexity index is 1790. The lowest BCUT2D eigenvalue weighted by Crippen LogP contribution is -1.92. The van der Waals surface area contributed by atoms with E-state index in [-0.39, 0.29) is 0 Å². The molecule has 0 spiro atoms. The molecule has 2 nitrogen and oxygen atoms in total. The van der Waals surface area contributed by atoms with Crippen LogP contribution in [0.2, 0.25) is 0 Å². The smallest absolute Gasteiger partial charge is 0.158 e. The van der Waals surface area contributed by atoms with Gasteiger partial charge in [0, 0.05) is 36.6 Å². The lowest BCUT2D eigenvalue weighted by atomic mass is 10.0. The normalized spacial score (nSPS) is 11.6. The zero-order valence-corrected chi connectivity index (χ0v) is 18.5. The van der Waals surface area contributed by atoms with Gasteiger partial charge >= 0.3 is 0 Å². The summed E-state index contributed by atoms with van der Waals surface area (Å²) in [6.45, 7) is 0. The van der Waals surface area contributed by atoms with Gasteiger partial charge in [0.15, 0.2) is 5.58 Å². The van der Waals surface area contributed by atoms with Crippen LogP contribution in [-0.2, 0) is 0 Å². The molecular weight excluding hydrogens is 422 g/mol. The predicted molar refractivity (Wildman–Crippen MR) is 142 cm³/mol. The fourth-order valence-corrected chi connectivity index (χ4v) is 6.03. The Labute approximate surface area is 194 Å². The van der Waals surface area contributed by atoms with Gasteiger partial charge < -0.3 is 9.73 Å². The average molecular weight is 442 g/mol. The first-order valence-electron chi connectivity index (χ1n) is 11.0. The second-order valence-electron chi connectivity index (χ2n) is 8.23. The highest BCUT2D eigenvalue weighted by atomic mass is 32.1. The summed E-state index contributed by atoms with van der Waals surface area (Å²) in [6, 6.07) is 38.2. The number of hydrogen-bond acceptors (Lipinski definition) is 3. The fraction of sp³-hybridized carbons (Fsp3) is 0. The number of thiophene rings is 1. The van der Waals surface area contributed by atoms with E-state index >= 15 is 0 Å². The average Bonchev–Trinajstić information content (AvgIpc) is 3.45. The Balaban J connectivity index is 1.48. The van der Waals surface area contributed by atoms with E-state index in [0.717, 1.165) is 33.3 Å². The number of nitrogens with one attached hydrogen (secondary N) is 1. The van der Waals surface area contributed by atoms with Gasteiger partial charge in [-0.05, 0) is 35.4 Å². The van der Waals surface area contributed by atoms with Gasteiger partial charge in [-0.1, -0.05) is 84.9 Å². The maximum atomic E-state index is 6.27. The number of rotatable bonds is 3. The molecule has 2 heterocycles. The van der Waals surface area contributed by atoms with Crippen LogP contribution in [0.5, 0.6) is 0 Å². The Hall–Kier alpha value is -4.08. The van der Waals surface area contributed by atoms with Crippen molar-refractivity contribution in [1.29, 1.82) is 0 Å². The zero-order valence-electron chi connectivity index (χ0n) is 17.7. The van der Waals surface area contributed by atoms with Crippen molar-refractivity contribution in [2.24, 2.45) is 0 Å². The highest BCUT2D eigenvalue weighted by Crippen LogP contribution is 2.45. The lowest BCUT2D eigenvalue weighted by molar-refractivity contribution is 0.670. The van der Waals surface area contributed by atoms with Gasteiger partial charge in [0.05, 0.1) is 5.69 Å². The summed E-state index contributed by atoms with van der Waals surface area (Å²) in [5.41, 5.74) is 6.37. The predicted octanol–water partition coefficient (Wildman–Crippen LogP) is 9.36. The maximum Gasteiger partial charge on any atom is 0.158 e. The van der Waals surface area contributed by atoms with Crippen molar-refractivity contribution in [2.75, 3.05) is 5.32 Å². The van der Waals surface area contributed by atoms with Crippen LogP contribution in [0.1, 0.15) is 0 Å². The monoisotopic (exact) mass is 441 g/mol. The highest BCUT2D eigenvalue weighted by Gasteiger charge is 2.16. The summed E-state index contributed by atoms with van der Waals surface area (Å²) in [4.78, 5) is 0. The van der Waals surface area contributed by atoms with Gasteiger partial charge in [-0.15, -0.1) is 11.3 Å². The molecule has 2 aromatic heterocycles. The van der Waals surface area contributed by atoms with E-state index in [1.54, 1.807) is 0 Å². The first-order chi connectivity index (χ1) is 16.4. The maximum absolute atomic E-state index is 6.27. The molecule has 0 saturated heterocycles. The van der Waals surface area contributed by atoms with Gasteiger partial charge in [-0.3, -0.25) is 0 Å². The van der Waals surface area contributed by atoms with Gasteiger partial charge in [0.25, 0.3) is 0 Å². The Morgan fingerprint density at radius 2 is 1.33 bits per heavy atom. The lowest BCUT2D eigenvalue weighted by Gasteiger charge is -2.12. The topological polar surface area (TPSA) is 25.2 Å². The molecule has 0 aliphatic carbocycles. The second kappa shape index (κ2) is 7.22. The van der Waals surface area contributed by atoms with Crippen LogP contribution in [0.25, 0.3) is 53.2 Å². The molecular formula is C30H19NOS. The van der Waals surface area contributed by atoms with Crippen LogP contribution in [0.3, 0.4) is 0 Å². The van der Waals surface area contributed by atoms with E-state index < -0.39 is 0 Å². The molecule has 0 atom stereocenters. The molecule has 33 heavy (non-hydrogen) atoms. The molecule has 1 N–H and O–H groups in total. The molecule has 0 amide bonds. The minimum Gasteiger partial charge on any atom is -0.454 e. The number of hydrogen-bond donors (Lipinski definition) is 1. The Morgan fingerprint density at radius 1 is 0.576 bits per heavy atom. The van der Waals surface area contributed by atoms with Crippen LogP contribution < -0.4 is 5.32 Å².